The first-order valence-corrected chi connectivity index (χ1v) is 7.74. The minimum atomic E-state index is 0.00533. The number of carbonyl (C=O) groups excluding carboxylic acids is 1. The number of hydrogen-bond donors (Lipinski definition) is 1. The van der Waals surface area contributed by atoms with Crippen molar-refractivity contribution < 1.29 is 4.79 Å². The fourth-order valence-electron chi connectivity index (χ4n) is 2.11. The Bertz CT molecular complexity index is 622. The van der Waals surface area contributed by atoms with Gasteiger partial charge in [0, 0.05) is 10.1 Å². The van der Waals surface area contributed by atoms with Crippen molar-refractivity contribution in [2.24, 2.45) is 0 Å². The summed E-state index contributed by atoms with van der Waals surface area (Å²) in [6.07, 6.45) is 0.857. The normalized spacial score (nSPS) is 10.3. The minimum Gasteiger partial charge on any atom is -0.352 e. The van der Waals surface area contributed by atoms with Crippen molar-refractivity contribution in [3.8, 4) is 0 Å². The second kappa shape index (κ2) is 6.88. The maximum absolute atomic E-state index is 12.2. The molecule has 0 atom stereocenters. The summed E-state index contributed by atoms with van der Waals surface area (Å²) in [7, 11) is 0. The Morgan fingerprint density at radius 3 is 2.65 bits per heavy atom. The van der Waals surface area contributed by atoms with Crippen LogP contribution in [-0.2, 0) is 6.42 Å². The first-order valence-electron chi connectivity index (χ1n) is 6.67. The van der Waals surface area contributed by atoms with Gasteiger partial charge in [-0.25, -0.2) is 0 Å². The Balaban J connectivity index is 1.94. The van der Waals surface area contributed by atoms with Gasteiger partial charge in [0.05, 0.1) is 5.56 Å². The van der Waals surface area contributed by atoms with Crippen LogP contribution >= 0.6 is 22.6 Å². The molecule has 2 aromatic rings. The molecule has 104 valence electrons. The zero-order valence-electron chi connectivity index (χ0n) is 11.7. The number of halogens is 1. The maximum atomic E-state index is 12.2. The van der Waals surface area contributed by atoms with Gasteiger partial charge >= 0.3 is 0 Å². The lowest BCUT2D eigenvalue weighted by Gasteiger charge is -2.09. The maximum Gasteiger partial charge on any atom is 0.252 e. The summed E-state index contributed by atoms with van der Waals surface area (Å²) in [5.74, 6) is 0.00533. The molecule has 0 radical (unpaired) electrons. The van der Waals surface area contributed by atoms with Gasteiger partial charge in [0.15, 0.2) is 0 Å². The molecular formula is C17H18INO. The number of aryl methyl sites for hydroxylation is 2. The average Bonchev–Trinajstić information content (AvgIpc) is 2.42. The third-order valence-corrected chi connectivity index (χ3v) is 4.65. The van der Waals surface area contributed by atoms with E-state index in [-0.39, 0.29) is 5.91 Å². The topological polar surface area (TPSA) is 29.1 Å². The number of rotatable bonds is 4. The van der Waals surface area contributed by atoms with Crippen LogP contribution in [0.15, 0.2) is 42.5 Å². The summed E-state index contributed by atoms with van der Waals surface area (Å²) < 4.78 is 1.03. The van der Waals surface area contributed by atoms with Crippen molar-refractivity contribution >= 4 is 28.5 Å². The highest BCUT2D eigenvalue weighted by atomic mass is 127. The van der Waals surface area contributed by atoms with E-state index in [0.29, 0.717) is 6.54 Å². The number of nitrogens with one attached hydrogen (secondary N) is 1. The Labute approximate surface area is 133 Å². The highest BCUT2D eigenvalue weighted by Crippen LogP contribution is 2.16. The van der Waals surface area contributed by atoms with E-state index in [4.69, 9.17) is 0 Å². The summed E-state index contributed by atoms with van der Waals surface area (Å²) in [6.45, 7) is 4.76. The SMILES string of the molecule is Cc1cccc(CCNC(=O)c2cccc(C)c2I)c1. The second-order valence-corrected chi connectivity index (χ2v) is 6.01. The quantitative estimate of drug-likeness (QED) is 0.803. The molecule has 0 unspecified atom stereocenters. The molecular weight excluding hydrogens is 361 g/mol. The molecule has 0 aromatic heterocycles. The van der Waals surface area contributed by atoms with E-state index >= 15 is 0 Å². The van der Waals surface area contributed by atoms with Gasteiger partial charge in [-0.15, -0.1) is 0 Å². The van der Waals surface area contributed by atoms with E-state index in [1.54, 1.807) is 0 Å². The molecule has 0 saturated carbocycles. The molecule has 1 N–H and O–H groups in total. The molecule has 20 heavy (non-hydrogen) atoms. The lowest BCUT2D eigenvalue weighted by molar-refractivity contribution is 0.0953. The molecule has 0 fully saturated rings. The molecule has 0 saturated heterocycles. The number of amides is 1. The predicted octanol–water partition coefficient (Wildman–Crippen LogP) is 3.88. The van der Waals surface area contributed by atoms with E-state index in [1.165, 1.54) is 11.1 Å². The number of carbonyl (C=O) groups is 1. The van der Waals surface area contributed by atoms with Crippen molar-refractivity contribution in [2.45, 2.75) is 20.3 Å². The van der Waals surface area contributed by atoms with Gasteiger partial charge in [0.25, 0.3) is 5.91 Å². The molecule has 0 aliphatic rings. The molecule has 3 heteroatoms. The third-order valence-electron chi connectivity index (χ3n) is 3.22. The van der Waals surface area contributed by atoms with Crippen molar-refractivity contribution in [1.29, 1.82) is 0 Å². The van der Waals surface area contributed by atoms with Crippen LogP contribution in [0.4, 0.5) is 0 Å². The van der Waals surface area contributed by atoms with E-state index in [1.807, 2.05) is 25.1 Å². The zero-order valence-corrected chi connectivity index (χ0v) is 13.9. The van der Waals surface area contributed by atoms with E-state index in [9.17, 15) is 4.79 Å². The van der Waals surface area contributed by atoms with Gasteiger partial charge in [-0.2, -0.15) is 0 Å². The molecule has 2 nitrogen and oxygen atoms in total. The summed E-state index contributed by atoms with van der Waals surface area (Å²) in [5, 5.41) is 2.99. The minimum absolute atomic E-state index is 0.00533. The number of benzene rings is 2. The lowest BCUT2D eigenvalue weighted by Crippen LogP contribution is -2.26. The molecule has 0 bridgehead atoms. The second-order valence-electron chi connectivity index (χ2n) is 4.93. The van der Waals surface area contributed by atoms with E-state index in [2.05, 4.69) is 59.1 Å². The standard InChI is InChI=1S/C17H18INO/c1-12-5-3-7-14(11-12)9-10-19-17(20)15-8-4-6-13(2)16(15)18/h3-8,11H,9-10H2,1-2H3,(H,19,20). The largest absolute Gasteiger partial charge is 0.352 e. The van der Waals surface area contributed by atoms with Crippen LogP contribution in [0.2, 0.25) is 0 Å². The fraction of sp³-hybridized carbons (Fsp3) is 0.235. The zero-order chi connectivity index (χ0) is 14.5. The summed E-state index contributed by atoms with van der Waals surface area (Å²) in [4.78, 5) is 12.2. The van der Waals surface area contributed by atoms with E-state index < -0.39 is 0 Å². The van der Waals surface area contributed by atoms with Gasteiger partial charge < -0.3 is 5.32 Å². The lowest BCUT2D eigenvalue weighted by atomic mass is 10.1. The Kier molecular flexibility index (Phi) is 5.17. The van der Waals surface area contributed by atoms with Crippen LogP contribution in [0.5, 0.6) is 0 Å². The van der Waals surface area contributed by atoms with Gasteiger partial charge in [0.1, 0.15) is 0 Å². The highest BCUT2D eigenvalue weighted by Gasteiger charge is 2.10. The molecule has 2 rings (SSSR count). The van der Waals surface area contributed by atoms with Crippen LogP contribution in [-0.4, -0.2) is 12.5 Å². The van der Waals surface area contributed by atoms with Gasteiger partial charge in [0.2, 0.25) is 0 Å². The Morgan fingerprint density at radius 2 is 1.90 bits per heavy atom. The van der Waals surface area contributed by atoms with Crippen LogP contribution in [0.3, 0.4) is 0 Å². The average molecular weight is 379 g/mol. The van der Waals surface area contributed by atoms with Gasteiger partial charge in [-0.1, -0.05) is 42.0 Å². The molecule has 0 spiro atoms. The summed E-state index contributed by atoms with van der Waals surface area (Å²) in [5.41, 5.74) is 4.40. The Hall–Kier alpha value is -1.36. The van der Waals surface area contributed by atoms with Crippen molar-refractivity contribution in [3.05, 3.63) is 68.3 Å². The van der Waals surface area contributed by atoms with Crippen LogP contribution in [0.1, 0.15) is 27.0 Å². The fourth-order valence-corrected chi connectivity index (χ4v) is 2.71. The van der Waals surface area contributed by atoms with Crippen LogP contribution < -0.4 is 5.32 Å². The van der Waals surface area contributed by atoms with Crippen LogP contribution in [0.25, 0.3) is 0 Å². The summed E-state index contributed by atoms with van der Waals surface area (Å²) in [6, 6.07) is 14.2. The summed E-state index contributed by atoms with van der Waals surface area (Å²) >= 11 is 2.23. The monoisotopic (exact) mass is 379 g/mol. The Morgan fingerprint density at radius 1 is 1.15 bits per heavy atom. The molecule has 0 aliphatic carbocycles. The number of hydrogen-bond acceptors (Lipinski definition) is 1. The first-order chi connectivity index (χ1) is 9.58. The molecule has 2 aromatic carbocycles. The van der Waals surface area contributed by atoms with Crippen molar-refractivity contribution in [2.75, 3.05) is 6.54 Å². The molecule has 0 heterocycles. The predicted molar refractivity (Wildman–Crippen MR) is 91.1 cm³/mol. The first kappa shape index (κ1) is 15.0. The smallest absolute Gasteiger partial charge is 0.252 e. The van der Waals surface area contributed by atoms with Gasteiger partial charge in [-0.05, 0) is 60.1 Å². The van der Waals surface area contributed by atoms with Crippen molar-refractivity contribution in [3.63, 3.8) is 0 Å². The van der Waals surface area contributed by atoms with E-state index in [0.717, 1.165) is 21.1 Å². The molecule has 0 aliphatic heterocycles. The van der Waals surface area contributed by atoms with Gasteiger partial charge in [-0.3, -0.25) is 4.79 Å². The third kappa shape index (κ3) is 3.82. The molecule has 1 amide bonds. The van der Waals surface area contributed by atoms with Crippen molar-refractivity contribution in [1.82, 2.24) is 5.32 Å². The van der Waals surface area contributed by atoms with Crippen LogP contribution in [0, 0.1) is 17.4 Å². The highest BCUT2D eigenvalue weighted by molar-refractivity contribution is 14.1.